The molecule has 4 aromatic rings. The van der Waals surface area contributed by atoms with Gasteiger partial charge in [0.05, 0.1) is 10.7 Å². The number of benzene rings is 3. The normalized spacial score (nSPS) is 17.9. The van der Waals surface area contributed by atoms with Crippen LogP contribution in [0.1, 0.15) is 51.2 Å². The van der Waals surface area contributed by atoms with Crippen molar-refractivity contribution in [3.63, 3.8) is 0 Å². The lowest BCUT2D eigenvalue weighted by atomic mass is 9.95. The second-order valence-electron chi connectivity index (χ2n) is 9.16. The number of aryl methyl sites for hydroxylation is 1. The monoisotopic (exact) mass is 483 g/mol. The number of nitrogens with zero attached hydrogens (tertiary/aromatic N) is 2. The number of rotatable bonds is 5. The highest BCUT2D eigenvalue weighted by Gasteiger charge is 2.35. The summed E-state index contributed by atoms with van der Waals surface area (Å²) in [5, 5.41) is 5.97. The van der Waals surface area contributed by atoms with E-state index in [2.05, 4.69) is 12.2 Å². The van der Waals surface area contributed by atoms with E-state index in [4.69, 9.17) is 4.98 Å². The number of amides is 2. The summed E-state index contributed by atoms with van der Waals surface area (Å²) in [6.45, 7) is 4.47. The van der Waals surface area contributed by atoms with Crippen molar-refractivity contribution in [2.45, 2.75) is 45.2 Å². The summed E-state index contributed by atoms with van der Waals surface area (Å²) in [6, 6.07) is 23.6. The van der Waals surface area contributed by atoms with Crippen molar-refractivity contribution in [2.75, 3.05) is 6.54 Å². The maximum atomic E-state index is 13.9. The van der Waals surface area contributed by atoms with Gasteiger partial charge in [0.2, 0.25) is 0 Å². The molecule has 5 nitrogen and oxygen atoms in total. The van der Waals surface area contributed by atoms with E-state index in [1.54, 1.807) is 0 Å². The third-order valence-electron chi connectivity index (χ3n) is 6.77. The molecule has 1 aliphatic rings. The van der Waals surface area contributed by atoms with Crippen LogP contribution >= 0.6 is 11.3 Å². The van der Waals surface area contributed by atoms with Gasteiger partial charge in [0.15, 0.2) is 0 Å². The molecule has 2 amide bonds. The molecule has 0 spiro atoms. The van der Waals surface area contributed by atoms with Gasteiger partial charge in [-0.15, -0.1) is 11.3 Å². The molecule has 0 aliphatic carbocycles. The summed E-state index contributed by atoms with van der Waals surface area (Å²) >= 11 is 1.45. The Morgan fingerprint density at radius 3 is 2.57 bits per heavy atom. The Hall–Kier alpha value is -3.51. The molecule has 2 unspecified atom stereocenters. The zero-order valence-corrected chi connectivity index (χ0v) is 20.8. The summed E-state index contributed by atoms with van der Waals surface area (Å²) in [5.74, 6) is -0.0999. The first-order valence-corrected chi connectivity index (χ1v) is 13.0. The van der Waals surface area contributed by atoms with Gasteiger partial charge in [0.1, 0.15) is 4.88 Å². The van der Waals surface area contributed by atoms with Crippen molar-refractivity contribution in [3.8, 4) is 11.3 Å². The summed E-state index contributed by atoms with van der Waals surface area (Å²) in [4.78, 5) is 34.4. The number of nitrogens with one attached hydrogen (secondary N) is 1. The van der Waals surface area contributed by atoms with Crippen LogP contribution in [0.2, 0.25) is 0 Å². The fourth-order valence-electron chi connectivity index (χ4n) is 5.06. The quantitative estimate of drug-likeness (QED) is 0.374. The Morgan fingerprint density at radius 2 is 1.74 bits per heavy atom. The summed E-state index contributed by atoms with van der Waals surface area (Å²) in [5.41, 5.74) is 2.36. The SMILES string of the molecule is Cc1nc(-c2ccccc2)c(C(=O)N2C(C)CCCC2CNC(=O)c2cccc3ccccc23)s1. The minimum absolute atomic E-state index is 0.00561. The summed E-state index contributed by atoms with van der Waals surface area (Å²) in [6.07, 6.45) is 2.86. The number of piperidine rings is 1. The van der Waals surface area contributed by atoms with Crippen molar-refractivity contribution in [2.24, 2.45) is 0 Å². The Morgan fingerprint density at radius 1 is 1.00 bits per heavy atom. The first-order chi connectivity index (χ1) is 17.0. The van der Waals surface area contributed by atoms with E-state index < -0.39 is 0 Å². The fraction of sp³-hybridized carbons (Fsp3) is 0.276. The van der Waals surface area contributed by atoms with E-state index in [0.29, 0.717) is 17.0 Å². The maximum Gasteiger partial charge on any atom is 0.266 e. The molecule has 0 bridgehead atoms. The standard InChI is InChI=1S/C29H29N3O2S/c1-19-10-8-15-23(18-30-28(33)25-17-9-14-21-11-6-7-16-24(21)25)32(19)29(34)27-26(31-20(2)35-27)22-12-4-3-5-13-22/h3-7,9,11-14,16-17,19,23H,8,10,15,18H2,1-2H3,(H,30,33). The van der Waals surface area contributed by atoms with Gasteiger partial charge in [-0.1, -0.05) is 66.7 Å². The molecule has 5 rings (SSSR count). The van der Waals surface area contributed by atoms with E-state index >= 15 is 0 Å². The summed E-state index contributed by atoms with van der Waals surface area (Å²) in [7, 11) is 0. The number of hydrogen-bond acceptors (Lipinski definition) is 4. The lowest BCUT2D eigenvalue weighted by Crippen LogP contribution is -2.53. The second kappa shape index (κ2) is 10.0. The molecule has 1 aromatic heterocycles. The van der Waals surface area contributed by atoms with Crippen LogP contribution in [0.25, 0.3) is 22.0 Å². The van der Waals surface area contributed by atoms with Crippen molar-refractivity contribution >= 4 is 33.9 Å². The fourth-order valence-corrected chi connectivity index (χ4v) is 5.95. The van der Waals surface area contributed by atoms with Crippen LogP contribution in [0.3, 0.4) is 0 Å². The van der Waals surface area contributed by atoms with Gasteiger partial charge in [0.25, 0.3) is 11.8 Å². The molecule has 2 atom stereocenters. The molecule has 35 heavy (non-hydrogen) atoms. The Kier molecular flexibility index (Phi) is 6.64. The van der Waals surface area contributed by atoms with Crippen LogP contribution in [0.4, 0.5) is 0 Å². The Balaban J connectivity index is 1.38. The Bertz CT molecular complexity index is 1360. The molecule has 3 aromatic carbocycles. The molecule has 1 fully saturated rings. The van der Waals surface area contributed by atoms with Gasteiger partial charge in [-0.2, -0.15) is 0 Å². The summed E-state index contributed by atoms with van der Waals surface area (Å²) < 4.78 is 0. The number of hydrogen-bond donors (Lipinski definition) is 1. The molecule has 0 radical (unpaired) electrons. The third-order valence-corrected chi connectivity index (χ3v) is 7.73. The zero-order valence-electron chi connectivity index (χ0n) is 20.0. The van der Waals surface area contributed by atoms with E-state index in [0.717, 1.165) is 46.3 Å². The largest absolute Gasteiger partial charge is 0.350 e. The van der Waals surface area contributed by atoms with E-state index in [1.807, 2.05) is 84.6 Å². The van der Waals surface area contributed by atoms with Crippen molar-refractivity contribution in [1.82, 2.24) is 15.2 Å². The Labute approximate surface area is 209 Å². The lowest BCUT2D eigenvalue weighted by Gasteiger charge is -2.40. The molecular formula is C29H29N3O2S. The number of likely N-dealkylation sites (tertiary alicyclic amines) is 1. The highest BCUT2D eigenvalue weighted by molar-refractivity contribution is 7.14. The predicted molar refractivity (Wildman–Crippen MR) is 142 cm³/mol. The molecule has 0 saturated carbocycles. The third kappa shape index (κ3) is 4.71. The zero-order chi connectivity index (χ0) is 24.4. The molecule has 6 heteroatoms. The first kappa shape index (κ1) is 23.2. The van der Waals surface area contributed by atoms with Crippen molar-refractivity contribution < 1.29 is 9.59 Å². The second-order valence-corrected chi connectivity index (χ2v) is 10.4. The van der Waals surface area contributed by atoms with Crippen LogP contribution in [-0.4, -0.2) is 40.3 Å². The highest BCUT2D eigenvalue weighted by Crippen LogP contribution is 2.32. The topological polar surface area (TPSA) is 62.3 Å². The average molecular weight is 484 g/mol. The average Bonchev–Trinajstić information content (AvgIpc) is 3.29. The predicted octanol–water partition coefficient (Wildman–Crippen LogP) is 6.08. The van der Waals surface area contributed by atoms with Crippen LogP contribution in [-0.2, 0) is 0 Å². The van der Waals surface area contributed by atoms with Crippen molar-refractivity contribution in [3.05, 3.63) is 88.2 Å². The van der Waals surface area contributed by atoms with Crippen molar-refractivity contribution in [1.29, 1.82) is 0 Å². The molecule has 1 N–H and O–H groups in total. The highest BCUT2D eigenvalue weighted by atomic mass is 32.1. The minimum atomic E-state index is -0.106. The van der Waals surface area contributed by atoms with Gasteiger partial charge in [0, 0.05) is 29.8 Å². The van der Waals surface area contributed by atoms with Crippen LogP contribution < -0.4 is 5.32 Å². The van der Waals surface area contributed by atoms with E-state index in [1.165, 1.54) is 11.3 Å². The molecule has 2 heterocycles. The van der Waals surface area contributed by atoms with Crippen LogP contribution in [0.15, 0.2) is 72.8 Å². The van der Waals surface area contributed by atoms with Crippen LogP contribution in [0.5, 0.6) is 0 Å². The number of thiazole rings is 1. The van der Waals surface area contributed by atoms with Gasteiger partial charge in [-0.25, -0.2) is 4.98 Å². The van der Waals surface area contributed by atoms with Gasteiger partial charge in [-0.05, 0) is 49.9 Å². The maximum absolute atomic E-state index is 13.9. The van der Waals surface area contributed by atoms with Crippen LogP contribution in [0, 0.1) is 6.92 Å². The molecule has 178 valence electrons. The first-order valence-electron chi connectivity index (χ1n) is 12.1. The number of carbonyl (C=O) groups is 2. The molecule has 1 aliphatic heterocycles. The van der Waals surface area contributed by atoms with Gasteiger partial charge >= 0.3 is 0 Å². The van der Waals surface area contributed by atoms with E-state index in [-0.39, 0.29) is 23.9 Å². The van der Waals surface area contributed by atoms with Gasteiger partial charge in [-0.3, -0.25) is 9.59 Å². The minimum Gasteiger partial charge on any atom is -0.350 e. The van der Waals surface area contributed by atoms with E-state index in [9.17, 15) is 9.59 Å². The van der Waals surface area contributed by atoms with Gasteiger partial charge < -0.3 is 10.2 Å². The number of carbonyl (C=O) groups excluding carboxylic acids is 2. The number of fused-ring (bicyclic) bond motifs is 1. The molecular weight excluding hydrogens is 454 g/mol. The smallest absolute Gasteiger partial charge is 0.266 e. The lowest BCUT2D eigenvalue weighted by molar-refractivity contribution is 0.0477. The molecule has 1 saturated heterocycles. The number of aromatic nitrogens is 1.